The van der Waals surface area contributed by atoms with Crippen LogP contribution in [-0.2, 0) is 0 Å². The number of para-hydroxylation sites is 1. The largest absolute Gasteiger partial charge is 0.490 e. The van der Waals surface area contributed by atoms with Gasteiger partial charge >= 0.3 is 0 Å². The van der Waals surface area contributed by atoms with Gasteiger partial charge in [0.05, 0.1) is 11.7 Å². The number of carbonyl (C=O) groups excluding carboxylic acids is 2. The lowest BCUT2D eigenvalue weighted by Gasteiger charge is -2.15. The molecule has 0 aliphatic heterocycles. The Hall–Kier alpha value is -3.71. The second-order valence-corrected chi connectivity index (χ2v) is 7.88. The number of amides is 2. The monoisotopic (exact) mass is 447 g/mol. The number of benzene rings is 3. The quantitative estimate of drug-likeness (QED) is 0.455. The van der Waals surface area contributed by atoms with Crippen molar-refractivity contribution in [1.29, 1.82) is 0 Å². The summed E-state index contributed by atoms with van der Waals surface area (Å²) in [5.41, 5.74) is 3.20. The van der Waals surface area contributed by atoms with Gasteiger partial charge in [-0.15, -0.1) is 0 Å². The molecule has 0 aliphatic rings. The summed E-state index contributed by atoms with van der Waals surface area (Å²) in [5.74, 6) is -0.140. The Morgan fingerprint density at radius 3 is 2.25 bits per heavy atom. The number of hydrogen-bond donors (Lipinski definition) is 3. The molecule has 3 rings (SSSR count). The maximum absolute atomic E-state index is 12.7. The Balaban J connectivity index is 1.65. The normalized spacial score (nSPS) is 10.4. The van der Waals surface area contributed by atoms with Gasteiger partial charge in [0.15, 0.2) is 5.11 Å². The van der Waals surface area contributed by atoms with Crippen LogP contribution in [0.1, 0.15) is 40.1 Å². The van der Waals surface area contributed by atoms with Crippen LogP contribution in [0.25, 0.3) is 0 Å². The molecule has 0 aliphatic carbocycles. The number of thiocarbonyl (C=S) groups is 1. The molecule has 0 fully saturated rings. The summed E-state index contributed by atoms with van der Waals surface area (Å²) in [7, 11) is 0. The number of rotatable bonds is 6. The van der Waals surface area contributed by atoms with Crippen molar-refractivity contribution in [3.8, 4) is 5.75 Å². The molecular weight excluding hydrogens is 422 g/mol. The molecule has 0 aromatic heterocycles. The van der Waals surface area contributed by atoms with Crippen LogP contribution in [0.15, 0.2) is 72.8 Å². The smallest absolute Gasteiger partial charge is 0.261 e. The molecule has 6 nitrogen and oxygen atoms in total. The van der Waals surface area contributed by atoms with Gasteiger partial charge < -0.3 is 15.4 Å². The minimum atomic E-state index is -0.382. The van der Waals surface area contributed by atoms with Crippen molar-refractivity contribution in [2.45, 2.75) is 26.9 Å². The number of anilines is 2. The topological polar surface area (TPSA) is 79.5 Å². The van der Waals surface area contributed by atoms with Gasteiger partial charge in [-0.3, -0.25) is 14.9 Å². The van der Waals surface area contributed by atoms with Crippen LogP contribution in [0.5, 0.6) is 5.75 Å². The fourth-order valence-electron chi connectivity index (χ4n) is 3.01. The van der Waals surface area contributed by atoms with E-state index < -0.39 is 0 Å². The maximum atomic E-state index is 12.7. The average molecular weight is 448 g/mol. The van der Waals surface area contributed by atoms with Crippen molar-refractivity contribution >= 4 is 40.5 Å². The number of ether oxygens (including phenoxy) is 1. The van der Waals surface area contributed by atoms with Gasteiger partial charge in [0.1, 0.15) is 5.75 Å². The van der Waals surface area contributed by atoms with Gasteiger partial charge in [-0.05, 0) is 81.0 Å². The van der Waals surface area contributed by atoms with E-state index in [-0.39, 0.29) is 23.0 Å². The van der Waals surface area contributed by atoms with Crippen LogP contribution in [0.4, 0.5) is 11.4 Å². The fourth-order valence-corrected chi connectivity index (χ4v) is 3.22. The summed E-state index contributed by atoms with van der Waals surface area (Å²) in [6, 6.07) is 21.4. The molecule has 32 heavy (non-hydrogen) atoms. The first-order chi connectivity index (χ1) is 15.3. The summed E-state index contributed by atoms with van der Waals surface area (Å²) in [6.45, 7) is 5.74. The van der Waals surface area contributed by atoms with Crippen molar-refractivity contribution < 1.29 is 14.3 Å². The van der Waals surface area contributed by atoms with E-state index in [0.717, 1.165) is 11.3 Å². The first-order valence-electron chi connectivity index (χ1n) is 10.2. The Labute approximate surface area is 193 Å². The van der Waals surface area contributed by atoms with Crippen molar-refractivity contribution in [2.24, 2.45) is 0 Å². The van der Waals surface area contributed by atoms with Gasteiger partial charge in [-0.1, -0.05) is 30.3 Å². The van der Waals surface area contributed by atoms with E-state index in [0.29, 0.717) is 22.6 Å². The molecule has 0 unspecified atom stereocenters. The average Bonchev–Trinajstić information content (AvgIpc) is 2.73. The Morgan fingerprint density at radius 1 is 0.844 bits per heavy atom. The Morgan fingerprint density at radius 2 is 1.53 bits per heavy atom. The highest BCUT2D eigenvalue weighted by Crippen LogP contribution is 2.19. The minimum absolute atomic E-state index is 0.0669. The lowest BCUT2D eigenvalue weighted by molar-refractivity contribution is 0.0970. The van der Waals surface area contributed by atoms with Crippen molar-refractivity contribution in [3.63, 3.8) is 0 Å². The van der Waals surface area contributed by atoms with E-state index in [1.54, 1.807) is 48.5 Å². The predicted octanol–water partition coefficient (Wildman–Crippen LogP) is 5.16. The summed E-state index contributed by atoms with van der Waals surface area (Å²) in [6.07, 6.45) is -0.0669. The highest BCUT2D eigenvalue weighted by Gasteiger charge is 2.15. The Bertz CT molecular complexity index is 1140. The lowest BCUT2D eigenvalue weighted by atomic mass is 10.1. The molecule has 0 saturated heterocycles. The molecule has 0 bridgehead atoms. The van der Waals surface area contributed by atoms with Gasteiger partial charge in [0.25, 0.3) is 11.8 Å². The predicted molar refractivity (Wildman–Crippen MR) is 131 cm³/mol. The standard InChI is InChI=1S/C25H25N3O3S/c1-16(2)31-22-13-5-4-12-21(22)24(30)28-25(32)27-20-11-7-9-18(15-20)23(29)26-19-10-6-8-17(3)14-19/h4-16H,1-3H3,(H,26,29)(H2,27,28,30,32). The Kier molecular flexibility index (Phi) is 7.57. The second kappa shape index (κ2) is 10.5. The van der Waals surface area contributed by atoms with Crippen LogP contribution in [0.2, 0.25) is 0 Å². The molecule has 2 amide bonds. The van der Waals surface area contributed by atoms with Crippen LogP contribution < -0.4 is 20.7 Å². The summed E-state index contributed by atoms with van der Waals surface area (Å²) < 4.78 is 5.70. The zero-order valence-electron chi connectivity index (χ0n) is 18.1. The SMILES string of the molecule is Cc1cccc(NC(=O)c2cccc(NC(=S)NC(=O)c3ccccc3OC(C)C)c2)c1. The van der Waals surface area contributed by atoms with E-state index in [2.05, 4.69) is 16.0 Å². The number of carbonyl (C=O) groups is 2. The number of hydrogen-bond acceptors (Lipinski definition) is 4. The van der Waals surface area contributed by atoms with Crippen LogP contribution in [-0.4, -0.2) is 23.0 Å². The van der Waals surface area contributed by atoms with Crippen molar-refractivity contribution in [2.75, 3.05) is 10.6 Å². The third-order valence-corrected chi connectivity index (χ3v) is 4.58. The fraction of sp³-hybridized carbons (Fsp3) is 0.160. The zero-order chi connectivity index (χ0) is 23.1. The van der Waals surface area contributed by atoms with E-state index in [4.69, 9.17) is 17.0 Å². The third kappa shape index (κ3) is 6.39. The maximum Gasteiger partial charge on any atom is 0.261 e. The lowest BCUT2D eigenvalue weighted by Crippen LogP contribution is -2.34. The van der Waals surface area contributed by atoms with Gasteiger partial charge in [0, 0.05) is 16.9 Å². The van der Waals surface area contributed by atoms with Crippen LogP contribution in [0.3, 0.4) is 0 Å². The zero-order valence-corrected chi connectivity index (χ0v) is 19.0. The minimum Gasteiger partial charge on any atom is -0.490 e. The molecule has 0 saturated carbocycles. The molecule has 7 heteroatoms. The van der Waals surface area contributed by atoms with E-state index in [1.807, 2.05) is 45.0 Å². The molecular formula is C25H25N3O3S. The molecule has 3 N–H and O–H groups in total. The van der Waals surface area contributed by atoms with Gasteiger partial charge in [-0.25, -0.2) is 0 Å². The van der Waals surface area contributed by atoms with Gasteiger partial charge in [-0.2, -0.15) is 0 Å². The summed E-state index contributed by atoms with van der Waals surface area (Å²) in [4.78, 5) is 25.3. The molecule has 3 aromatic rings. The van der Waals surface area contributed by atoms with Gasteiger partial charge in [0.2, 0.25) is 0 Å². The van der Waals surface area contributed by atoms with E-state index >= 15 is 0 Å². The molecule has 0 heterocycles. The van der Waals surface area contributed by atoms with E-state index in [1.165, 1.54) is 0 Å². The second-order valence-electron chi connectivity index (χ2n) is 7.48. The molecule has 0 spiro atoms. The summed E-state index contributed by atoms with van der Waals surface area (Å²) >= 11 is 5.29. The van der Waals surface area contributed by atoms with E-state index in [9.17, 15) is 9.59 Å². The van der Waals surface area contributed by atoms with Crippen LogP contribution in [0, 0.1) is 6.92 Å². The number of aryl methyl sites for hydroxylation is 1. The first-order valence-corrected chi connectivity index (χ1v) is 10.6. The summed E-state index contributed by atoms with van der Waals surface area (Å²) in [5, 5.41) is 8.59. The molecule has 0 radical (unpaired) electrons. The van der Waals surface area contributed by atoms with Crippen LogP contribution >= 0.6 is 12.2 Å². The molecule has 164 valence electrons. The molecule has 0 atom stereocenters. The van der Waals surface area contributed by atoms with Crippen molar-refractivity contribution in [3.05, 3.63) is 89.5 Å². The number of nitrogens with one attached hydrogen (secondary N) is 3. The molecule has 3 aromatic carbocycles. The highest BCUT2D eigenvalue weighted by molar-refractivity contribution is 7.80. The van der Waals surface area contributed by atoms with Crippen molar-refractivity contribution in [1.82, 2.24) is 5.32 Å². The third-order valence-electron chi connectivity index (χ3n) is 4.38. The highest BCUT2D eigenvalue weighted by atomic mass is 32.1. The first kappa shape index (κ1) is 23.0.